The summed E-state index contributed by atoms with van der Waals surface area (Å²) >= 11 is 5.03. The molecule has 0 bridgehead atoms. The minimum Gasteiger partial charge on any atom is -0.358 e. The van der Waals surface area contributed by atoms with Gasteiger partial charge in [0.05, 0.1) is 0 Å². The molecule has 6 nitrogen and oxygen atoms in total. The van der Waals surface area contributed by atoms with Gasteiger partial charge in [0, 0.05) is 6.54 Å². The van der Waals surface area contributed by atoms with Crippen LogP contribution < -0.4 is 16.1 Å². The van der Waals surface area contributed by atoms with Crippen LogP contribution in [0.2, 0.25) is 0 Å². The number of nitrogens with zero attached hydrogens (tertiary/aromatic N) is 1. The van der Waals surface area contributed by atoms with Crippen LogP contribution in [0.25, 0.3) is 0 Å². The molecular weight excluding hydrogens is 312 g/mol. The molecule has 0 aromatic heterocycles. The van der Waals surface area contributed by atoms with Crippen LogP contribution in [-0.2, 0) is 11.2 Å². The van der Waals surface area contributed by atoms with E-state index in [9.17, 15) is 9.59 Å². The van der Waals surface area contributed by atoms with Gasteiger partial charge in [-0.1, -0.05) is 36.4 Å². The molecule has 7 heteroatoms. The molecule has 1 fully saturated rings. The van der Waals surface area contributed by atoms with Crippen molar-refractivity contribution in [1.29, 1.82) is 0 Å². The molecule has 0 aliphatic carbocycles. The van der Waals surface area contributed by atoms with Gasteiger partial charge in [-0.15, -0.1) is 6.58 Å². The summed E-state index contributed by atoms with van der Waals surface area (Å²) in [5.74, 6) is -0.346. The molecule has 1 aliphatic rings. The van der Waals surface area contributed by atoms with Crippen LogP contribution >= 0.6 is 12.2 Å². The van der Waals surface area contributed by atoms with Crippen molar-refractivity contribution in [2.45, 2.75) is 25.3 Å². The fourth-order valence-electron chi connectivity index (χ4n) is 2.30. The number of amides is 3. The summed E-state index contributed by atoms with van der Waals surface area (Å²) in [7, 11) is 0. The fraction of sp³-hybridized carbons (Fsp3) is 0.312. The van der Waals surface area contributed by atoms with Gasteiger partial charge in [0.25, 0.3) is 5.91 Å². The predicted octanol–water partition coefficient (Wildman–Crippen LogP) is 1.49. The summed E-state index contributed by atoms with van der Waals surface area (Å²) in [4.78, 5) is 24.6. The highest BCUT2D eigenvalue weighted by atomic mass is 32.1. The van der Waals surface area contributed by atoms with Crippen molar-refractivity contribution in [3.63, 3.8) is 0 Å². The van der Waals surface area contributed by atoms with E-state index < -0.39 is 11.6 Å². The molecule has 122 valence electrons. The minimum atomic E-state index is -0.950. The Morgan fingerprint density at radius 3 is 2.74 bits per heavy atom. The van der Waals surface area contributed by atoms with Gasteiger partial charge in [-0.25, -0.2) is 4.79 Å². The van der Waals surface area contributed by atoms with Crippen molar-refractivity contribution in [2.24, 2.45) is 0 Å². The summed E-state index contributed by atoms with van der Waals surface area (Å²) in [5, 5.41) is 6.66. The van der Waals surface area contributed by atoms with Gasteiger partial charge in [0.2, 0.25) is 0 Å². The number of hydrazine groups is 1. The Balaban J connectivity index is 1.98. The van der Waals surface area contributed by atoms with Crippen LogP contribution in [0.15, 0.2) is 43.0 Å². The van der Waals surface area contributed by atoms with Crippen molar-refractivity contribution in [3.8, 4) is 0 Å². The molecule has 1 atom stereocenters. The molecule has 0 radical (unpaired) electrons. The molecule has 1 aromatic carbocycles. The van der Waals surface area contributed by atoms with Gasteiger partial charge >= 0.3 is 6.03 Å². The van der Waals surface area contributed by atoms with Gasteiger partial charge in [-0.2, -0.15) is 5.01 Å². The van der Waals surface area contributed by atoms with Crippen LogP contribution in [0.4, 0.5) is 4.79 Å². The monoisotopic (exact) mass is 332 g/mol. The van der Waals surface area contributed by atoms with E-state index in [0.717, 1.165) is 10.6 Å². The molecule has 2 rings (SSSR count). The number of carbonyl (C=O) groups is 2. The molecule has 1 heterocycles. The van der Waals surface area contributed by atoms with Crippen molar-refractivity contribution in [2.75, 3.05) is 6.54 Å². The van der Waals surface area contributed by atoms with Gasteiger partial charge in [0.1, 0.15) is 5.54 Å². The smallest absolute Gasteiger partial charge is 0.344 e. The average molecular weight is 332 g/mol. The molecule has 1 saturated heterocycles. The van der Waals surface area contributed by atoms with Crippen LogP contribution in [0.5, 0.6) is 0 Å². The third-order valence-electron chi connectivity index (χ3n) is 3.64. The first-order valence-corrected chi connectivity index (χ1v) is 7.73. The number of hydrogen-bond donors (Lipinski definition) is 3. The Morgan fingerprint density at radius 1 is 1.39 bits per heavy atom. The Morgan fingerprint density at radius 2 is 2.09 bits per heavy atom. The zero-order valence-corrected chi connectivity index (χ0v) is 13.8. The highest BCUT2D eigenvalue weighted by Crippen LogP contribution is 2.22. The van der Waals surface area contributed by atoms with Gasteiger partial charge in [-0.05, 0) is 37.5 Å². The first-order chi connectivity index (χ1) is 11.0. The lowest BCUT2D eigenvalue weighted by Crippen LogP contribution is -2.51. The van der Waals surface area contributed by atoms with Gasteiger partial charge in [0.15, 0.2) is 5.11 Å². The molecule has 23 heavy (non-hydrogen) atoms. The average Bonchev–Trinajstić information content (AvgIpc) is 2.76. The van der Waals surface area contributed by atoms with E-state index in [-0.39, 0.29) is 11.0 Å². The van der Waals surface area contributed by atoms with Crippen LogP contribution in [-0.4, -0.2) is 34.1 Å². The number of thiocarbonyl (C=S) groups is 1. The van der Waals surface area contributed by atoms with E-state index in [0.29, 0.717) is 19.4 Å². The highest BCUT2D eigenvalue weighted by molar-refractivity contribution is 7.80. The number of hydrogen-bond acceptors (Lipinski definition) is 3. The van der Waals surface area contributed by atoms with Crippen molar-refractivity contribution in [1.82, 2.24) is 21.1 Å². The fourth-order valence-corrected chi connectivity index (χ4v) is 2.47. The molecule has 0 saturated carbocycles. The van der Waals surface area contributed by atoms with Crippen LogP contribution in [0.1, 0.15) is 18.9 Å². The van der Waals surface area contributed by atoms with Crippen LogP contribution in [0, 0.1) is 0 Å². The summed E-state index contributed by atoms with van der Waals surface area (Å²) in [6, 6.07) is 9.32. The Bertz CT molecular complexity index is 620. The number of aryl methyl sites for hydroxylation is 1. The second kappa shape index (κ2) is 7.23. The Kier molecular flexibility index (Phi) is 5.33. The normalized spacial score (nSPS) is 20.1. The number of urea groups is 1. The SMILES string of the molecule is C=CCNC(=S)NN1C(=O)N[C@](C)(CCc2ccccc2)C1=O. The number of benzene rings is 1. The van der Waals surface area contributed by atoms with Gasteiger partial charge < -0.3 is 10.6 Å². The van der Waals surface area contributed by atoms with E-state index in [1.165, 1.54) is 0 Å². The summed E-state index contributed by atoms with van der Waals surface area (Å²) in [6.07, 6.45) is 2.83. The largest absolute Gasteiger partial charge is 0.358 e. The van der Waals surface area contributed by atoms with E-state index >= 15 is 0 Å². The Labute approximate surface area is 140 Å². The second-order valence-corrected chi connectivity index (χ2v) is 5.91. The maximum atomic E-state index is 12.5. The standard InChI is InChI=1S/C16H20N4O2S/c1-3-11-17-14(23)19-20-13(21)16(2,18-15(20)22)10-9-12-7-5-4-6-8-12/h3-8H,1,9-11H2,2H3,(H,18,22)(H2,17,19,23)/t16-/m1/s1. The maximum Gasteiger partial charge on any atom is 0.344 e. The maximum absolute atomic E-state index is 12.5. The minimum absolute atomic E-state index is 0.195. The number of carbonyl (C=O) groups excluding carboxylic acids is 2. The zero-order chi connectivity index (χ0) is 16.9. The number of imide groups is 1. The lowest BCUT2D eigenvalue weighted by Gasteiger charge is -2.22. The summed E-state index contributed by atoms with van der Waals surface area (Å²) in [5.41, 5.74) is 2.78. The number of nitrogens with one attached hydrogen (secondary N) is 3. The Hall–Kier alpha value is -2.41. The first-order valence-electron chi connectivity index (χ1n) is 7.32. The quantitative estimate of drug-likeness (QED) is 0.418. The van der Waals surface area contributed by atoms with Gasteiger partial charge in [-0.3, -0.25) is 10.2 Å². The van der Waals surface area contributed by atoms with E-state index in [2.05, 4.69) is 22.6 Å². The molecule has 1 aromatic rings. The van der Waals surface area contributed by atoms with Crippen molar-refractivity contribution < 1.29 is 9.59 Å². The van der Waals surface area contributed by atoms with Crippen LogP contribution in [0.3, 0.4) is 0 Å². The molecule has 3 N–H and O–H groups in total. The van der Waals surface area contributed by atoms with E-state index in [1.54, 1.807) is 13.0 Å². The van der Waals surface area contributed by atoms with E-state index in [4.69, 9.17) is 12.2 Å². The lowest BCUT2D eigenvalue weighted by atomic mass is 9.93. The van der Waals surface area contributed by atoms with E-state index in [1.807, 2.05) is 30.3 Å². The molecular formula is C16H20N4O2S. The highest BCUT2D eigenvalue weighted by Gasteiger charge is 2.48. The molecule has 0 unspecified atom stereocenters. The number of rotatable bonds is 6. The van der Waals surface area contributed by atoms with Crippen molar-refractivity contribution >= 4 is 29.3 Å². The lowest BCUT2D eigenvalue weighted by molar-refractivity contribution is -0.132. The summed E-state index contributed by atoms with van der Waals surface area (Å²) < 4.78 is 0. The first kappa shape index (κ1) is 17.0. The third kappa shape index (κ3) is 4.07. The molecule has 0 spiro atoms. The zero-order valence-electron chi connectivity index (χ0n) is 13.0. The molecule has 3 amide bonds. The third-order valence-corrected chi connectivity index (χ3v) is 3.87. The van der Waals surface area contributed by atoms with Crippen molar-refractivity contribution in [3.05, 3.63) is 48.6 Å². The predicted molar refractivity (Wildman–Crippen MR) is 92.5 cm³/mol. The summed E-state index contributed by atoms with van der Waals surface area (Å²) in [6.45, 7) is 5.73. The second-order valence-electron chi connectivity index (χ2n) is 5.50. The molecule has 1 aliphatic heterocycles. The topological polar surface area (TPSA) is 73.5 Å².